The zero-order chi connectivity index (χ0) is 21.2. The summed E-state index contributed by atoms with van der Waals surface area (Å²) >= 11 is 1.45. The van der Waals surface area contributed by atoms with Crippen molar-refractivity contribution in [2.75, 3.05) is 57.8 Å². The fraction of sp³-hybridized carbons (Fsp3) is 0.500. The van der Waals surface area contributed by atoms with Gasteiger partial charge in [0.05, 0.1) is 0 Å². The summed E-state index contributed by atoms with van der Waals surface area (Å²) in [6.45, 7) is 4.98. The lowest BCUT2D eigenvalue weighted by atomic mass is 10.2. The number of alkyl carbamates (subject to hydrolysis) is 1. The number of aromatic nitrogens is 2. The quantitative estimate of drug-likeness (QED) is 0.611. The minimum atomic E-state index is -0.564. The van der Waals surface area contributed by atoms with Crippen molar-refractivity contribution < 1.29 is 14.3 Å². The fourth-order valence-corrected chi connectivity index (χ4v) is 3.92. The molecule has 0 saturated carbocycles. The van der Waals surface area contributed by atoms with Crippen LogP contribution in [0.25, 0.3) is 11.4 Å². The zero-order valence-electron chi connectivity index (χ0n) is 17.2. The SMILES string of the molecule is CNC(=O)COC(=O)NCCCN1CCCN(c2nc(-c3ccccc3)ns2)CC1. The average molecular weight is 433 g/mol. The molecule has 9 nitrogen and oxygen atoms in total. The summed E-state index contributed by atoms with van der Waals surface area (Å²) in [4.78, 5) is 32.0. The Labute approximate surface area is 180 Å². The molecule has 0 bridgehead atoms. The van der Waals surface area contributed by atoms with Gasteiger partial charge in [-0.3, -0.25) is 4.79 Å². The number of likely N-dealkylation sites (N-methyl/N-ethyl adjacent to an activating group) is 1. The van der Waals surface area contributed by atoms with Crippen LogP contribution in [0.5, 0.6) is 0 Å². The van der Waals surface area contributed by atoms with E-state index in [0.717, 1.165) is 62.1 Å². The molecular weight excluding hydrogens is 404 g/mol. The molecule has 0 spiro atoms. The standard InChI is InChI=1S/C20H28N6O3S/c1-21-17(27)15-29-20(28)22-9-5-10-25-11-6-12-26(14-13-25)19-23-18(24-30-19)16-7-3-2-4-8-16/h2-4,7-8H,5-6,9-15H2,1H3,(H,21,27)(H,22,28). The number of ether oxygens (including phenoxy) is 1. The van der Waals surface area contributed by atoms with Crippen LogP contribution >= 0.6 is 11.5 Å². The number of nitrogens with one attached hydrogen (secondary N) is 2. The van der Waals surface area contributed by atoms with Crippen LogP contribution < -0.4 is 15.5 Å². The fourth-order valence-electron chi connectivity index (χ4n) is 3.18. The van der Waals surface area contributed by atoms with Crippen LogP contribution in [0.4, 0.5) is 9.93 Å². The summed E-state index contributed by atoms with van der Waals surface area (Å²) in [7, 11) is 1.50. The van der Waals surface area contributed by atoms with Gasteiger partial charge in [0.1, 0.15) is 0 Å². The summed E-state index contributed by atoms with van der Waals surface area (Å²) in [6.07, 6.45) is 1.32. The van der Waals surface area contributed by atoms with Gasteiger partial charge in [-0.25, -0.2) is 4.79 Å². The Balaban J connectivity index is 1.38. The van der Waals surface area contributed by atoms with Crippen molar-refractivity contribution in [2.24, 2.45) is 0 Å². The lowest BCUT2D eigenvalue weighted by Crippen LogP contribution is -2.34. The topological polar surface area (TPSA) is 99.7 Å². The van der Waals surface area contributed by atoms with E-state index in [9.17, 15) is 9.59 Å². The van der Waals surface area contributed by atoms with E-state index in [1.54, 1.807) is 0 Å². The van der Waals surface area contributed by atoms with Crippen LogP contribution in [0, 0.1) is 0 Å². The van der Waals surface area contributed by atoms with Gasteiger partial charge in [-0.15, -0.1) is 0 Å². The van der Waals surface area contributed by atoms with Crippen LogP contribution in [-0.4, -0.2) is 79.2 Å². The number of anilines is 1. The third kappa shape index (κ3) is 6.67. The van der Waals surface area contributed by atoms with Crippen molar-refractivity contribution in [3.8, 4) is 11.4 Å². The molecular formula is C20H28N6O3S. The highest BCUT2D eigenvalue weighted by molar-refractivity contribution is 7.09. The van der Waals surface area contributed by atoms with Crippen molar-refractivity contribution in [3.05, 3.63) is 30.3 Å². The molecule has 0 atom stereocenters. The lowest BCUT2D eigenvalue weighted by molar-refractivity contribution is -0.123. The van der Waals surface area contributed by atoms with Crippen LogP contribution in [0.15, 0.2) is 30.3 Å². The monoisotopic (exact) mass is 432 g/mol. The molecule has 3 rings (SSSR count). The first-order valence-electron chi connectivity index (χ1n) is 10.1. The number of carbonyl (C=O) groups is 2. The number of nitrogens with zero attached hydrogens (tertiary/aromatic N) is 4. The third-order valence-electron chi connectivity index (χ3n) is 4.84. The summed E-state index contributed by atoms with van der Waals surface area (Å²) < 4.78 is 9.33. The molecule has 1 aliphatic rings. The van der Waals surface area contributed by atoms with E-state index in [-0.39, 0.29) is 12.5 Å². The molecule has 0 radical (unpaired) electrons. The molecule has 0 aliphatic carbocycles. The van der Waals surface area contributed by atoms with Gasteiger partial charge < -0.3 is 25.2 Å². The maximum absolute atomic E-state index is 11.5. The highest BCUT2D eigenvalue weighted by Gasteiger charge is 2.18. The molecule has 1 fully saturated rings. The van der Waals surface area contributed by atoms with Gasteiger partial charge in [-0.1, -0.05) is 30.3 Å². The molecule has 30 heavy (non-hydrogen) atoms. The Morgan fingerprint density at radius 2 is 2.00 bits per heavy atom. The van der Waals surface area contributed by atoms with E-state index in [1.807, 2.05) is 30.3 Å². The van der Waals surface area contributed by atoms with Gasteiger partial charge in [-0.2, -0.15) is 9.36 Å². The Bertz CT molecular complexity index is 816. The van der Waals surface area contributed by atoms with Crippen molar-refractivity contribution in [1.29, 1.82) is 0 Å². The molecule has 1 saturated heterocycles. The second kappa shape index (κ2) is 11.5. The Morgan fingerprint density at radius 3 is 2.80 bits per heavy atom. The summed E-state index contributed by atoms with van der Waals surface area (Å²) in [5.74, 6) is 0.455. The number of amides is 2. The van der Waals surface area contributed by atoms with E-state index in [1.165, 1.54) is 18.6 Å². The van der Waals surface area contributed by atoms with Gasteiger partial charge in [0.15, 0.2) is 12.4 Å². The van der Waals surface area contributed by atoms with Crippen LogP contribution in [0.2, 0.25) is 0 Å². The molecule has 10 heteroatoms. The lowest BCUT2D eigenvalue weighted by Gasteiger charge is -2.21. The predicted molar refractivity (Wildman–Crippen MR) is 117 cm³/mol. The average Bonchev–Trinajstić information content (AvgIpc) is 3.15. The van der Waals surface area contributed by atoms with Crippen LogP contribution in [0.3, 0.4) is 0 Å². The Hall–Kier alpha value is -2.72. The summed E-state index contributed by atoms with van der Waals surface area (Å²) in [5, 5.41) is 6.04. The zero-order valence-corrected chi connectivity index (χ0v) is 18.0. The molecule has 1 aromatic heterocycles. The predicted octanol–water partition coefficient (Wildman–Crippen LogP) is 1.58. The van der Waals surface area contributed by atoms with E-state index < -0.39 is 6.09 Å². The number of carbonyl (C=O) groups excluding carboxylic acids is 2. The molecule has 2 N–H and O–H groups in total. The molecule has 2 amide bonds. The molecule has 1 aliphatic heterocycles. The van der Waals surface area contributed by atoms with Crippen LogP contribution in [-0.2, 0) is 9.53 Å². The van der Waals surface area contributed by atoms with Gasteiger partial charge in [-0.05, 0) is 25.9 Å². The third-order valence-corrected chi connectivity index (χ3v) is 5.62. The maximum atomic E-state index is 11.5. The second-order valence-electron chi connectivity index (χ2n) is 6.98. The van der Waals surface area contributed by atoms with Gasteiger partial charge >= 0.3 is 6.09 Å². The molecule has 0 unspecified atom stereocenters. The number of rotatable bonds is 8. The van der Waals surface area contributed by atoms with E-state index >= 15 is 0 Å². The highest BCUT2D eigenvalue weighted by atomic mass is 32.1. The van der Waals surface area contributed by atoms with Gasteiger partial charge in [0.25, 0.3) is 5.91 Å². The normalized spacial score (nSPS) is 14.8. The summed E-state index contributed by atoms with van der Waals surface area (Å²) in [6, 6.07) is 10.0. The molecule has 1 aromatic carbocycles. The summed E-state index contributed by atoms with van der Waals surface area (Å²) in [5.41, 5.74) is 1.04. The molecule has 2 heterocycles. The largest absolute Gasteiger partial charge is 0.439 e. The van der Waals surface area contributed by atoms with Gasteiger partial charge in [0.2, 0.25) is 5.13 Å². The Kier molecular flexibility index (Phi) is 8.40. The van der Waals surface area contributed by atoms with Crippen molar-refractivity contribution in [1.82, 2.24) is 24.9 Å². The van der Waals surface area contributed by atoms with E-state index in [2.05, 4.69) is 24.8 Å². The van der Waals surface area contributed by atoms with Crippen molar-refractivity contribution >= 4 is 28.7 Å². The highest BCUT2D eigenvalue weighted by Crippen LogP contribution is 2.24. The second-order valence-corrected chi connectivity index (χ2v) is 7.71. The minimum absolute atomic E-state index is 0.262. The number of hydrogen-bond donors (Lipinski definition) is 2. The first-order valence-corrected chi connectivity index (χ1v) is 10.9. The Morgan fingerprint density at radius 1 is 1.17 bits per heavy atom. The smallest absolute Gasteiger partial charge is 0.407 e. The van der Waals surface area contributed by atoms with E-state index in [4.69, 9.17) is 9.72 Å². The number of hydrogen-bond acceptors (Lipinski definition) is 8. The minimum Gasteiger partial charge on any atom is -0.439 e. The van der Waals surface area contributed by atoms with Crippen molar-refractivity contribution in [2.45, 2.75) is 12.8 Å². The molecule has 162 valence electrons. The van der Waals surface area contributed by atoms with Crippen molar-refractivity contribution in [3.63, 3.8) is 0 Å². The first-order chi connectivity index (χ1) is 14.7. The maximum Gasteiger partial charge on any atom is 0.407 e. The van der Waals surface area contributed by atoms with E-state index in [0.29, 0.717) is 6.54 Å². The molecule has 2 aromatic rings. The number of benzene rings is 1. The first kappa shape index (κ1) is 22.0. The van der Waals surface area contributed by atoms with Gasteiger partial charge in [0, 0.05) is 50.3 Å². The van der Waals surface area contributed by atoms with Crippen LogP contribution in [0.1, 0.15) is 12.8 Å².